The van der Waals surface area contributed by atoms with Crippen molar-refractivity contribution in [2.24, 2.45) is 4.99 Å². The van der Waals surface area contributed by atoms with Crippen LogP contribution in [0.4, 0.5) is 0 Å². The highest BCUT2D eigenvalue weighted by molar-refractivity contribution is 14.0. The number of halogens is 1. The first-order valence-electron chi connectivity index (χ1n) is 7.53. The zero-order valence-corrected chi connectivity index (χ0v) is 18.8. The second kappa shape index (κ2) is 10.5. The van der Waals surface area contributed by atoms with E-state index in [0.717, 1.165) is 36.5 Å². The van der Waals surface area contributed by atoms with E-state index in [1.807, 2.05) is 13.8 Å². The molecule has 0 saturated heterocycles. The fraction of sp³-hybridized carbons (Fsp3) is 0.714. The predicted octanol–water partition coefficient (Wildman–Crippen LogP) is 1.49. The molecule has 0 radical (unpaired) electrons. The molecule has 3 N–H and O–H groups in total. The summed E-state index contributed by atoms with van der Waals surface area (Å²) in [7, 11) is -3.26. The van der Waals surface area contributed by atoms with Crippen molar-refractivity contribution in [3.8, 4) is 0 Å². The van der Waals surface area contributed by atoms with Gasteiger partial charge in [-0.05, 0) is 27.7 Å². The van der Waals surface area contributed by atoms with Crippen LogP contribution >= 0.6 is 35.3 Å². The Morgan fingerprint density at radius 2 is 2.04 bits per heavy atom. The Morgan fingerprint density at radius 3 is 2.54 bits per heavy atom. The zero-order valence-electron chi connectivity index (χ0n) is 14.8. The summed E-state index contributed by atoms with van der Waals surface area (Å²) in [5.74, 6) is 0.669. The first-order valence-corrected chi connectivity index (χ1v) is 10.3. The molecule has 140 valence electrons. The Kier molecular flexibility index (Phi) is 10.3. The van der Waals surface area contributed by atoms with E-state index in [2.05, 4.69) is 30.7 Å². The van der Waals surface area contributed by atoms with Gasteiger partial charge in [-0.1, -0.05) is 0 Å². The zero-order chi connectivity index (χ0) is 17.5. The van der Waals surface area contributed by atoms with Gasteiger partial charge in [0, 0.05) is 30.4 Å². The van der Waals surface area contributed by atoms with Gasteiger partial charge in [-0.3, -0.25) is 4.99 Å². The van der Waals surface area contributed by atoms with Gasteiger partial charge in [-0.15, -0.1) is 35.3 Å². The number of sulfonamides is 1. The van der Waals surface area contributed by atoms with Crippen molar-refractivity contribution in [3.63, 3.8) is 0 Å². The standard InChI is InChI=1S/C14H27N5O2S2.HI/c1-6-15-13(16-8-7-12-9-22-11(2)18-12)17-10-14(3,4)19-23(5,20)21;/h9,19H,6-8,10H2,1-5H3,(H2,15,16,17);1H. The highest BCUT2D eigenvalue weighted by Gasteiger charge is 2.21. The maximum atomic E-state index is 11.4. The number of aliphatic imine (C=N–C) groups is 1. The highest BCUT2D eigenvalue weighted by Crippen LogP contribution is 2.08. The van der Waals surface area contributed by atoms with Gasteiger partial charge in [0.05, 0.1) is 23.5 Å². The molecule has 0 unspecified atom stereocenters. The first-order chi connectivity index (χ1) is 10.6. The third-order valence-electron chi connectivity index (χ3n) is 2.78. The van der Waals surface area contributed by atoms with Gasteiger partial charge in [0.25, 0.3) is 0 Å². The number of hydrogen-bond donors (Lipinski definition) is 3. The van der Waals surface area contributed by atoms with Crippen LogP contribution in [0.1, 0.15) is 31.5 Å². The highest BCUT2D eigenvalue weighted by atomic mass is 127. The number of aromatic nitrogens is 1. The molecular formula is C14H28IN5O2S2. The Bertz CT molecular complexity index is 629. The SMILES string of the molecule is CCNC(=NCC(C)(C)NS(C)(=O)=O)NCCc1csc(C)n1.I. The predicted molar refractivity (Wildman–Crippen MR) is 112 cm³/mol. The molecular weight excluding hydrogens is 461 g/mol. The molecule has 0 amide bonds. The van der Waals surface area contributed by atoms with Crippen LogP contribution in [0.5, 0.6) is 0 Å². The Hall–Kier alpha value is -0.460. The van der Waals surface area contributed by atoms with E-state index < -0.39 is 15.6 Å². The molecule has 1 aromatic heterocycles. The van der Waals surface area contributed by atoms with Crippen LogP contribution in [0, 0.1) is 6.92 Å². The number of nitrogens with one attached hydrogen (secondary N) is 3. The minimum atomic E-state index is -3.26. The fourth-order valence-corrected chi connectivity index (χ4v) is 3.70. The molecule has 7 nitrogen and oxygen atoms in total. The molecule has 0 saturated carbocycles. The lowest BCUT2D eigenvalue weighted by Gasteiger charge is -2.23. The van der Waals surface area contributed by atoms with Crippen LogP contribution in [0.15, 0.2) is 10.4 Å². The monoisotopic (exact) mass is 489 g/mol. The summed E-state index contributed by atoms with van der Waals surface area (Å²) in [4.78, 5) is 8.88. The summed E-state index contributed by atoms with van der Waals surface area (Å²) in [6.07, 6.45) is 1.97. The third kappa shape index (κ3) is 10.4. The van der Waals surface area contributed by atoms with Gasteiger partial charge < -0.3 is 10.6 Å². The van der Waals surface area contributed by atoms with Crippen LogP contribution in [-0.4, -0.2) is 50.8 Å². The average molecular weight is 489 g/mol. The molecule has 24 heavy (non-hydrogen) atoms. The number of aryl methyl sites for hydroxylation is 1. The fourth-order valence-electron chi connectivity index (χ4n) is 1.98. The number of thiazole rings is 1. The molecule has 0 aliphatic rings. The van der Waals surface area contributed by atoms with E-state index in [-0.39, 0.29) is 24.0 Å². The van der Waals surface area contributed by atoms with Crippen molar-refractivity contribution < 1.29 is 8.42 Å². The summed E-state index contributed by atoms with van der Waals surface area (Å²) in [5, 5.41) is 9.51. The van der Waals surface area contributed by atoms with Gasteiger partial charge in [0.1, 0.15) is 0 Å². The Morgan fingerprint density at radius 1 is 1.38 bits per heavy atom. The first kappa shape index (κ1) is 23.5. The van der Waals surface area contributed by atoms with Crippen molar-refractivity contribution in [1.29, 1.82) is 0 Å². The number of nitrogens with zero attached hydrogens (tertiary/aromatic N) is 2. The smallest absolute Gasteiger partial charge is 0.209 e. The number of rotatable bonds is 8. The molecule has 1 aromatic rings. The van der Waals surface area contributed by atoms with E-state index in [4.69, 9.17) is 0 Å². The molecule has 0 aliphatic heterocycles. The molecule has 0 spiro atoms. The molecule has 0 aliphatic carbocycles. The van der Waals surface area contributed by atoms with E-state index in [9.17, 15) is 8.42 Å². The number of hydrogen-bond acceptors (Lipinski definition) is 5. The molecule has 0 fully saturated rings. The quantitative estimate of drug-likeness (QED) is 0.292. The van der Waals surface area contributed by atoms with Gasteiger partial charge in [-0.25, -0.2) is 18.1 Å². The third-order valence-corrected chi connectivity index (χ3v) is 4.52. The largest absolute Gasteiger partial charge is 0.357 e. The second-order valence-electron chi connectivity index (χ2n) is 5.99. The second-order valence-corrected chi connectivity index (χ2v) is 8.80. The lowest BCUT2D eigenvalue weighted by Crippen LogP contribution is -2.47. The normalized spacial score (nSPS) is 12.6. The van der Waals surface area contributed by atoms with Crippen molar-refractivity contribution in [2.45, 2.75) is 39.7 Å². The molecule has 0 atom stereocenters. The van der Waals surface area contributed by atoms with Crippen LogP contribution in [0.25, 0.3) is 0 Å². The van der Waals surface area contributed by atoms with E-state index in [0.29, 0.717) is 12.5 Å². The van der Waals surface area contributed by atoms with Gasteiger partial charge in [-0.2, -0.15) is 0 Å². The van der Waals surface area contributed by atoms with Crippen LogP contribution in [-0.2, 0) is 16.4 Å². The topological polar surface area (TPSA) is 95.5 Å². The summed E-state index contributed by atoms with van der Waals surface area (Å²) < 4.78 is 25.3. The average Bonchev–Trinajstić information content (AvgIpc) is 2.79. The van der Waals surface area contributed by atoms with Crippen LogP contribution in [0.2, 0.25) is 0 Å². The molecule has 1 rings (SSSR count). The lowest BCUT2D eigenvalue weighted by atomic mass is 10.1. The minimum absolute atomic E-state index is 0. The van der Waals surface area contributed by atoms with Crippen molar-refractivity contribution >= 4 is 51.3 Å². The van der Waals surface area contributed by atoms with Gasteiger partial charge in [0.15, 0.2) is 5.96 Å². The van der Waals surface area contributed by atoms with Crippen molar-refractivity contribution in [3.05, 3.63) is 16.1 Å². The number of guanidine groups is 1. The van der Waals surface area contributed by atoms with Crippen molar-refractivity contribution in [1.82, 2.24) is 20.3 Å². The lowest BCUT2D eigenvalue weighted by molar-refractivity contribution is 0.464. The molecule has 0 bridgehead atoms. The Labute approximate surface area is 166 Å². The van der Waals surface area contributed by atoms with E-state index in [1.165, 1.54) is 0 Å². The minimum Gasteiger partial charge on any atom is -0.357 e. The Balaban J connectivity index is 0.00000529. The molecule has 0 aromatic carbocycles. The summed E-state index contributed by atoms with van der Waals surface area (Å²) in [6, 6.07) is 0. The van der Waals surface area contributed by atoms with Crippen molar-refractivity contribution in [2.75, 3.05) is 25.9 Å². The van der Waals surface area contributed by atoms with Gasteiger partial charge >= 0.3 is 0 Å². The van der Waals surface area contributed by atoms with Gasteiger partial charge in [0.2, 0.25) is 10.0 Å². The maximum Gasteiger partial charge on any atom is 0.209 e. The summed E-state index contributed by atoms with van der Waals surface area (Å²) in [5.41, 5.74) is 0.428. The molecule has 1 heterocycles. The van der Waals surface area contributed by atoms with E-state index in [1.54, 1.807) is 25.2 Å². The van der Waals surface area contributed by atoms with Crippen LogP contribution < -0.4 is 15.4 Å². The summed E-state index contributed by atoms with van der Waals surface area (Å²) >= 11 is 1.64. The van der Waals surface area contributed by atoms with E-state index >= 15 is 0 Å². The maximum absolute atomic E-state index is 11.4. The summed E-state index contributed by atoms with van der Waals surface area (Å²) in [6.45, 7) is 9.38. The van der Waals surface area contributed by atoms with Crippen LogP contribution in [0.3, 0.4) is 0 Å². The molecule has 10 heteroatoms.